The second-order valence-corrected chi connectivity index (χ2v) is 4.97. The molecular formula is C17H18FN3O. The highest BCUT2D eigenvalue weighted by molar-refractivity contribution is 5.86. The Hall–Kier alpha value is -2.69. The minimum Gasteiger partial charge on any atom is -0.374 e. The highest BCUT2D eigenvalue weighted by Crippen LogP contribution is 2.14. The quantitative estimate of drug-likeness (QED) is 0.658. The number of hydrogen-bond acceptors (Lipinski definition) is 3. The fourth-order valence-electron chi connectivity index (χ4n) is 1.85. The van der Waals surface area contributed by atoms with Crippen LogP contribution >= 0.6 is 0 Å². The standard InChI is InChI=1S/C17H18FN3O/c1-12-5-3-4-6-16(12)20-13(2)17(22)21-19-11-14-7-9-15(18)10-8-14/h3-11,13,20H,1-2H3,(H,21,22)/b19-11+. The number of rotatable bonds is 5. The lowest BCUT2D eigenvalue weighted by Crippen LogP contribution is -2.35. The van der Waals surface area contributed by atoms with Gasteiger partial charge in [-0.05, 0) is 43.2 Å². The van der Waals surface area contributed by atoms with Gasteiger partial charge in [-0.3, -0.25) is 4.79 Å². The highest BCUT2D eigenvalue weighted by atomic mass is 19.1. The molecule has 2 rings (SSSR count). The first-order chi connectivity index (χ1) is 10.6. The molecule has 0 heterocycles. The molecule has 2 aromatic carbocycles. The van der Waals surface area contributed by atoms with Crippen LogP contribution in [0.4, 0.5) is 10.1 Å². The number of hydrogen-bond donors (Lipinski definition) is 2. The van der Waals surface area contributed by atoms with Crippen LogP contribution in [0.1, 0.15) is 18.1 Å². The minimum absolute atomic E-state index is 0.249. The van der Waals surface area contributed by atoms with E-state index in [9.17, 15) is 9.18 Å². The second-order valence-electron chi connectivity index (χ2n) is 4.97. The van der Waals surface area contributed by atoms with Gasteiger partial charge in [-0.2, -0.15) is 5.10 Å². The number of carbonyl (C=O) groups is 1. The van der Waals surface area contributed by atoms with Gasteiger partial charge in [0.15, 0.2) is 0 Å². The first kappa shape index (κ1) is 15.7. The third-order valence-electron chi connectivity index (χ3n) is 3.17. The van der Waals surface area contributed by atoms with E-state index in [1.165, 1.54) is 18.3 Å². The van der Waals surface area contributed by atoms with Crippen molar-refractivity contribution in [2.75, 3.05) is 5.32 Å². The van der Waals surface area contributed by atoms with Gasteiger partial charge in [0.1, 0.15) is 11.9 Å². The van der Waals surface area contributed by atoms with Crippen molar-refractivity contribution in [3.05, 3.63) is 65.5 Å². The van der Waals surface area contributed by atoms with Crippen molar-refractivity contribution in [2.45, 2.75) is 19.9 Å². The molecule has 0 aliphatic carbocycles. The van der Waals surface area contributed by atoms with Gasteiger partial charge in [0.05, 0.1) is 6.21 Å². The number of halogens is 1. The van der Waals surface area contributed by atoms with E-state index in [1.807, 2.05) is 31.2 Å². The number of amides is 1. The fraction of sp³-hybridized carbons (Fsp3) is 0.176. The molecule has 114 valence electrons. The van der Waals surface area contributed by atoms with Gasteiger partial charge in [-0.15, -0.1) is 0 Å². The monoisotopic (exact) mass is 299 g/mol. The first-order valence-corrected chi connectivity index (χ1v) is 6.97. The van der Waals surface area contributed by atoms with E-state index in [-0.39, 0.29) is 11.7 Å². The lowest BCUT2D eigenvalue weighted by atomic mass is 10.2. The molecule has 2 N–H and O–H groups in total. The summed E-state index contributed by atoms with van der Waals surface area (Å²) in [6.45, 7) is 3.73. The van der Waals surface area contributed by atoms with E-state index in [0.717, 1.165) is 11.3 Å². The van der Waals surface area contributed by atoms with Gasteiger partial charge in [-0.25, -0.2) is 9.82 Å². The van der Waals surface area contributed by atoms with Crippen LogP contribution in [0.15, 0.2) is 53.6 Å². The average molecular weight is 299 g/mol. The SMILES string of the molecule is Cc1ccccc1NC(C)C(=O)N/N=C/c1ccc(F)cc1. The largest absolute Gasteiger partial charge is 0.374 e. The number of para-hydroxylation sites is 1. The summed E-state index contributed by atoms with van der Waals surface area (Å²) in [4.78, 5) is 12.0. The molecule has 4 nitrogen and oxygen atoms in total. The third kappa shape index (κ3) is 4.41. The summed E-state index contributed by atoms with van der Waals surface area (Å²) in [7, 11) is 0. The zero-order valence-corrected chi connectivity index (χ0v) is 12.5. The zero-order chi connectivity index (χ0) is 15.9. The Kier molecular flexibility index (Phi) is 5.25. The van der Waals surface area contributed by atoms with Crippen LogP contribution in [-0.2, 0) is 4.79 Å². The van der Waals surface area contributed by atoms with Gasteiger partial charge in [0.25, 0.3) is 5.91 Å². The van der Waals surface area contributed by atoms with Crippen LogP contribution in [0.3, 0.4) is 0 Å². The maximum atomic E-state index is 12.8. The zero-order valence-electron chi connectivity index (χ0n) is 12.5. The fourth-order valence-corrected chi connectivity index (χ4v) is 1.85. The van der Waals surface area contributed by atoms with Crippen LogP contribution in [0.5, 0.6) is 0 Å². The highest BCUT2D eigenvalue weighted by Gasteiger charge is 2.12. The Bertz CT molecular complexity index is 668. The number of aryl methyl sites for hydroxylation is 1. The summed E-state index contributed by atoms with van der Waals surface area (Å²) in [6.07, 6.45) is 1.47. The molecule has 0 saturated carbocycles. The molecule has 0 radical (unpaired) electrons. The van der Waals surface area contributed by atoms with Crippen LogP contribution < -0.4 is 10.7 Å². The summed E-state index contributed by atoms with van der Waals surface area (Å²) in [5.74, 6) is -0.557. The van der Waals surface area contributed by atoms with E-state index < -0.39 is 6.04 Å². The molecular weight excluding hydrogens is 281 g/mol. The Labute approximate surface area is 129 Å². The topological polar surface area (TPSA) is 53.5 Å². The number of nitrogens with zero attached hydrogens (tertiary/aromatic N) is 1. The van der Waals surface area contributed by atoms with Gasteiger partial charge in [0, 0.05) is 5.69 Å². The smallest absolute Gasteiger partial charge is 0.262 e. The predicted molar refractivity (Wildman–Crippen MR) is 86.4 cm³/mol. The molecule has 1 amide bonds. The number of benzene rings is 2. The first-order valence-electron chi connectivity index (χ1n) is 6.97. The molecule has 0 spiro atoms. The van der Waals surface area contributed by atoms with E-state index >= 15 is 0 Å². The second kappa shape index (κ2) is 7.36. The van der Waals surface area contributed by atoms with Crippen LogP contribution in [0.2, 0.25) is 0 Å². The molecule has 1 atom stereocenters. The maximum absolute atomic E-state index is 12.8. The van der Waals surface area contributed by atoms with Crippen molar-refractivity contribution >= 4 is 17.8 Å². The summed E-state index contributed by atoms with van der Waals surface area (Å²) in [6, 6.07) is 13.2. The lowest BCUT2D eigenvalue weighted by molar-refractivity contribution is -0.121. The normalized spacial score (nSPS) is 12.1. The van der Waals surface area contributed by atoms with E-state index in [2.05, 4.69) is 15.8 Å². The predicted octanol–water partition coefficient (Wildman–Crippen LogP) is 3.08. The Morgan fingerprint density at radius 2 is 1.86 bits per heavy atom. The van der Waals surface area contributed by atoms with Crippen molar-refractivity contribution in [3.8, 4) is 0 Å². The molecule has 0 saturated heterocycles. The van der Waals surface area contributed by atoms with Crippen LogP contribution in [0.25, 0.3) is 0 Å². The Morgan fingerprint density at radius 3 is 2.55 bits per heavy atom. The minimum atomic E-state index is -0.425. The number of carbonyl (C=O) groups excluding carboxylic acids is 1. The van der Waals surface area contributed by atoms with Gasteiger partial charge in [-0.1, -0.05) is 30.3 Å². The maximum Gasteiger partial charge on any atom is 0.262 e. The Morgan fingerprint density at radius 1 is 1.18 bits per heavy atom. The van der Waals surface area contributed by atoms with Gasteiger partial charge >= 0.3 is 0 Å². The number of hydrazone groups is 1. The van der Waals surface area contributed by atoms with Crippen molar-refractivity contribution in [2.24, 2.45) is 5.10 Å². The van der Waals surface area contributed by atoms with Gasteiger partial charge in [0.2, 0.25) is 0 Å². The number of anilines is 1. The summed E-state index contributed by atoms with van der Waals surface area (Å²) in [5, 5.41) is 7.00. The molecule has 0 aromatic heterocycles. The van der Waals surface area contributed by atoms with E-state index in [4.69, 9.17) is 0 Å². The van der Waals surface area contributed by atoms with Crippen molar-refractivity contribution < 1.29 is 9.18 Å². The molecule has 5 heteroatoms. The van der Waals surface area contributed by atoms with E-state index in [0.29, 0.717) is 5.56 Å². The number of nitrogens with one attached hydrogen (secondary N) is 2. The third-order valence-corrected chi connectivity index (χ3v) is 3.17. The lowest BCUT2D eigenvalue weighted by Gasteiger charge is -2.15. The molecule has 22 heavy (non-hydrogen) atoms. The van der Waals surface area contributed by atoms with Crippen LogP contribution in [-0.4, -0.2) is 18.2 Å². The molecule has 0 bridgehead atoms. The molecule has 0 aliphatic rings. The molecule has 1 unspecified atom stereocenters. The van der Waals surface area contributed by atoms with Crippen molar-refractivity contribution in [1.29, 1.82) is 0 Å². The summed E-state index contributed by atoms with van der Waals surface area (Å²) in [5.41, 5.74) is 5.15. The van der Waals surface area contributed by atoms with Gasteiger partial charge < -0.3 is 5.32 Å². The average Bonchev–Trinajstić information content (AvgIpc) is 2.51. The van der Waals surface area contributed by atoms with E-state index in [1.54, 1.807) is 19.1 Å². The Balaban J connectivity index is 1.89. The summed E-state index contributed by atoms with van der Waals surface area (Å²) < 4.78 is 12.8. The summed E-state index contributed by atoms with van der Waals surface area (Å²) >= 11 is 0. The molecule has 0 fully saturated rings. The van der Waals surface area contributed by atoms with Crippen molar-refractivity contribution in [3.63, 3.8) is 0 Å². The van der Waals surface area contributed by atoms with Crippen LogP contribution in [0, 0.1) is 12.7 Å². The molecule has 2 aromatic rings. The van der Waals surface area contributed by atoms with Crippen molar-refractivity contribution in [1.82, 2.24) is 5.43 Å². The molecule has 0 aliphatic heterocycles.